The van der Waals surface area contributed by atoms with Crippen LogP contribution in [0.15, 0.2) is 71.6 Å². The van der Waals surface area contributed by atoms with Gasteiger partial charge in [-0.1, -0.05) is 35.9 Å². The zero-order valence-electron chi connectivity index (χ0n) is 17.2. The third-order valence-corrected chi connectivity index (χ3v) is 6.64. The monoisotopic (exact) mass is 472 g/mol. The summed E-state index contributed by atoms with van der Waals surface area (Å²) in [5.41, 5.74) is 1.36. The molecule has 0 saturated carbocycles. The summed E-state index contributed by atoms with van der Waals surface area (Å²) in [4.78, 5) is 12.8. The van der Waals surface area contributed by atoms with Gasteiger partial charge in [0.25, 0.3) is 15.9 Å². The summed E-state index contributed by atoms with van der Waals surface area (Å²) in [6.07, 6.45) is 0. The topological polar surface area (TPSA) is 93.7 Å². The maximum Gasteiger partial charge on any atom is 0.262 e. The molecule has 0 radical (unpaired) electrons. The highest BCUT2D eigenvalue weighted by Gasteiger charge is 2.20. The second-order valence-electron chi connectivity index (χ2n) is 7.21. The van der Waals surface area contributed by atoms with Gasteiger partial charge in [0.2, 0.25) is 0 Å². The number of anilines is 1. The van der Waals surface area contributed by atoms with Crippen molar-refractivity contribution in [1.82, 2.24) is 5.32 Å². The van der Waals surface area contributed by atoms with Crippen LogP contribution in [0.3, 0.4) is 0 Å². The molecule has 4 rings (SSSR count). The van der Waals surface area contributed by atoms with Gasteiger partial charge >= 0.3 is 0 Å². The predicted molar refractivity (Wildman–Crippen MR) is 122 cm³/mol. The summed E-state index contributed by atoms with van der Waals surface area (Å²) in [5.74, 6) is 0.528. The Hall–Kier alpha value is -3.23. The number of rotatable bonds is 6. The number of halogens is 1. The van der Waals surface area contributed by atoms with Gasteiger partial charge in [-0.15, -0.1) is 0 Å². The highest BCUT2D eigenvalue weighted by Crippen LogP contribution is 2.32. The van der Waals surface area contributed by atoms with Gasteiger partial charge in [-0.2, -0.15) is 0 Å². The normalized spacial score (nSPS) is 13.8. The first kappa shape index (κ1) is 22.0. The Kier molecular flexibility index (Phi) is 6.25. The molecule has 0 bridgehead atoms. The van der Waals surface area contributed by atoms with E-state index in [4.69, 9.17) is 21.1 Å². The number of hydrogen-bond acceptors (Lipinski definition) is 5. The molecule has 0 saturated heterocycles. The van der Waals surface area contributed by atoms with Crippen LogP contribution in [0.1, 0.15) is 28.9 Å². The Balaban J connectivity index is 1.50. The third-order valence-electron chi connectivity index (χ3n) is 4.92. The molecule has 9 heteroatoms. The van der Waals surface area contributed by atoms with Gasteiger partial charge in [0.1, 0.15) is 13.2 Å². The van der Waals surface area contributed by atoms with E-state index in [0.717, 1.165) is 5.56 Å². The highest BCUT2D eigenvalue weighted by molar-refractivity contribution is 7.92. The van der Waals surface area contributed by atoms with Gasteiger partial charge in [0.05, 0.1) is 10.9 Å². The largest absolute Gasteiger partial charge is 0.486 e. The van der Waals surface area contributed by atoms with Crippen molar-refractivity contribution in [2.75, 3.05) is 17.9 Å². The molecule has 3 aromatic carbocycles. The minimum atomic E-state index is -3.90. The number of ether oxygens (including phenoxy) is 2. The fraction of sp³-hybridized carbons (Fsp3) is 0.174. The van der Waals surface area contributed by atoms with Gasteiger partial charge < -0.3 is 14.8 Å². The van der Waals surface area contributed by atoms with Crippen molar-refractivity contribution in [3.63, 3.8) is 0 Å². The molecule has 32 heavy (non-hydrogen) atoms. The SMILES string of the molecule is CC(NC(=O)c1cccc(NS(=O)(=O)c2ccc3c(c2)OCCO3)c1)c1ccccc1Cl. The predicted octanol–water partition coefficient (Wildman–Crippen LogP) is 4.40. The number of amides is 1. The van der Waals surface area contributed by atoms with E-state index in [1.165, 1.54) is 18.2 Å². The lowest BCUT2D eigenvalue weighted by atomic mass is 10.1. The fourth-order valence-corrected chi connectivity index (χ4v) is 4.68. The van der Waals surface area contributed by atoms with Crippen molar-refractivity contribution < 1.29 is 22.7 Å². The van der Waals surface area contributed by atoms with Gasteiger partial charge in [-0.25, -0.2) is 8.42 Å². The Bertz CT molecular complexity index is 1260. The summed E-state index contributed by atoms with van der Waals surface area (Å²) in [6.45, 7) is 2.60. The molecule has 1 amide bonds. The summed E-state index contributed by atoms with van der Waals surface area (Å²) < 4.78 is 39.1. The molecular weight excluding hydrogens is 452 g/mol. The van der Waals surface area contributed by atoms with Crippen LogP contribution in [0, 0.1) is 0 Å². The van der Waals surface area contributed by atoms with Crippen molar-refractivity contribution in [3.05, 3.63) is 82.9 Å². The maximum atomic E-state index is 12.8. The second-order valence-corrected chi connectivity index (χ2v) is 9.30. The number of hydrogen-bond donors (Lipinski definition) is 2. The summed E-state index contributed by atoms with van der Waals surface area (Å²) >= 11 is 6.20. The van der Waals surface area contributed by atoms with Crippen LogP contribution in [0.2, 0.25) is 5.02 Å². The molecule has 0 aliphatic carbocycles. The molecule has 1 aliphatic rings. The van der Waals surface area contributed by atoms with Gasteiger partial charge in [-0.05, 0) is 48.9 Å². The van der Waals surface area contributed by atoms with Gasteiger partial charge in [0, 0.05) is 22.3 Å². The number of fused-ring (bicyclic) bond motifs is 1. The van der Waals surface area contributed by atoms with Crippen molar-refractivity contribution in [1.29, 1.82) is 0 Å². The summed E-state index contributed by atoms with van der Waals surface area (Å²) in [5, 5.41) is 3.43. The zero-order chi connectivity index (χ0) is 22.7. The van der Waals surface area contributed by atoms with E-state index in [9.17, 15) is 13.2 Å². The van der Waals surface area contributed by atoms with Crippen LogP contribution in [-0.4, -0.2) is 27.5 Å². The number of benzene rings is 3. The summed E-state index contributed by atoms with van der Waals surface area (Å²) in [7, 11) is -3.90. The first-order valence-corrected chi connectivity index (χ1v) is 11.8. The van der Waals surface area contributed by atoms with E-state index in [-0.39, 0.29) is 22.5 Å². The fourth-order valence-electron chi connectivity index (χ4n) is 3.31. The standard InChI is InChI=1S/C23H21ClN2O5S/c1-15(19-7-2-3-8-20(19)24)25-23(27)16-5-4-6-17(13-16)26-32(28,29)18-9-10-21-22(14-18)31-12-11-30-21/h2-10,13-15,26H,11-12H2,1H3,(H,25,27). The minimum Gasteiger partial charge on any atom is -0.486 e. The van der Waals surface area contributed by atoms with Crippen molar-refractivity contribution >= 4 is 33.2 Å². The van der Waals surface area contributed by atoms with Crippen LogP contribution < -0.4 is 19.5 Å². The molecular formula is C23H21ClN2O5S. The van der Waals surface area contributed by atoms with Crippen molar-refractivity contribution in [2.24, 2.45) is 0 Å². The maximum absolute atomic E-state index is 12.8. The molecule has 1 unspecified atom stereocenters. The number of carbonyl (C=O) groups is 1. The first-order chi connectivity index (χ1) is 15.3. The Morgan fingerprint density at radius 2 is 1.72 bits per heavy atom. The third kappa shape index (κ3) is 4.81. The van der Waals surface area contributed by atoms with Crippen molar-refractivity contribution in [3.8, 4) is 11.5 Å². The zero-order valence-corrected chi connectivity index (χ0v) is 18.7. The lowest BCUT2D eigenvalue weighted by Gasteiger charge is -2.19. The lowest BCUT2D eigenvalue weighted by Crippen LogP contribution is -2.27. The molecule has 0 aromatic heterocycles. The average molecular weight is 473 g/mol. The van der Waals surface area contributed by atoms with E-state index < -0.39 is 10.0 Å². The molecule has 166 valence electrons. The minimum absolute atomic E-state index is 0.0314. The Morgan fingerprint density at radius 3 is 2.50 bits per heavy atom. The summed E-state index contributed by atoms with van der Waals surface area (Å²) in [6, 6.07) is 17.6. The van der Waals surface area contributed by atoms with Crippen LogP contribution >= 0.6 is 11.6 Å². The van der Waals surface area contributed by atoms with E-state index in [0.29, 0.717) is 35.3 Å². The molecule has 1 atom stereocenters. The van der Waals surface area contributed by atoms with E-state index in [1.807, 2.05) is 25.1 Å². The Labute approximate surface area is 191 Å². The number of carbonyl (C=O) groups excluding carboxylic acids is 1. The first-order valence-electron chi connectivity index (χ1n) is 9.91. The lowest BCUT2D eigenvalue weighted by molar-refractivity contribution is 0.0940. The molecule has 1 heterocycles. The smallest absolute Gasteiger partial charge is 0.262 e. The number of sulfonamides is 1. The van der Waals surface area contributed by atoms with Crippen LogP contribution in [0.25, 0.3) is 0 Å². The number of nitrogens with one attached hydrogen (secondary N) is 2. The molecule has 2 N–H and O–H groups in total. The second kappa shape index (κ2) is 9.10. The highest BCUT2D eigenvalue weighted by atomic mass is 35.5. The van der Waals surface area contributed by atoms with E-state index in [2.05, 4.69) is 10.0 Å². The molecule has 0 fully saturated rings. The van der Waals surface area contributed by atoms with Gasteiger partial charge in [0.15, 0.2) is 11.5 Å². The average Bonchev–Trinajstić information content (AvgIpc) is 2.79. The van der Waals surface area contributed by atoms with Crippen LogP contribution in [0.4, 0.5) is 5.69 Å². The van der Waals surface area contributed by atoms with E-state index >= 15 is 0 Å². The van der Waals surface area contributed by atoms with Crippen LogP contribution in [0.5, 0.6) is 11.5 Å². The van der Waals surface area contributed by atoms with Crippen molar-refractivity contribution in [2.45, 2.75) is 17.9 Å². The molecule has 7 nitrogen and oxygen atoms in total. The molecule has 3 aromatic rings. The quantitative estimate of drug-likeness (QED) is 0.554. The molecule has 0 spiro atoms. The Morgan fingerprint density at radius 1 is 0.969 bits per heavy atom. The van der Waals surface area contributed by atoms with Crippen LogP contribution in [-0.2, 0) is 10.0 Å². The van der Waals surface area contributed by atoms with Gasteiger partial charge in [-0.3, -0.25) is 9.52 Å². The van der Waals surface area contributed by atoms with E-state index in [1.54, 1.807) is 30.3 Å². The molecule has 1 aliphatic heterocycles.